The molecule has 2 heterocycles. The summed E-state index contributed by atoms with van der Waals surface area (Å²) in [5.41, 5.74) is 0.451. The van der Waals surface area contributed by atoms with E-state index in [1.54, 1.807) is 0 Å². The van der Waals surface area contributed by atoms with Crippen molar-refractivity contribution >= 4 is 26.7 Å². The standard InChI is InChI=1S/C41H71NO17S2.2Na/c1-21(2)8-7-9-22(3)27-12-13-28-26-11-10-24-18-25(14-16-40(24,5)29(26)15-17-41(27,28)6)56-39-36(47)37(34(45)31(58-39)20-55-61(51,52)53)59-38-32(42-23(4)43)35(46)33(44)30(57-38)19-54-60(48,49)50;;/h21-22,24-39,44-47H,7-20H2,1-6H3,(H,42,43)(H,48,49,50)(H,51,52,53);;/q;2*+1/p-2/t22?,24-,25-,26-,27+,28-,29-,30+,31+,32+,33+,34-,35+,36+,37-,38+,39+,40-,41+;;/m0../s1. The number of carbonyl (C=O) groups excluding carboxylic acids is 1. The number of aliphatic hydroxyl groups is 4. The van der Waals surface area contributed by atoms with Crippen LogP contribution in [0.25, 0.3) is 0 Å². The molecule has 0 bridgehead atoms. The molecule has 0 spiro atoms. The van der Waals surface area contributed by atoms with Crippen LogP contribution in [0.2, 0.25) is 0 Å². The third kappa shape index (κ3) is 13.2. The van der Waals surface area contributed by atoms with Crippen LogP contribution in [0.1, 0.15) is 119 Å². The zero-order valence-corrected chi connectivity index (χ0v) is 43.8. The van der Waals surface area contributed by atoms with Gasteiger partial charge >= 0.3 is 59.1 Å². The molecular weight excluding hydrogens is 889 g/mol. The fourth-order valence-electron chi connectivity index (χ4n) is 12.9. The van der Waals surface area contributed by atoms with Gasteiger partial charge in [-0.15, -0.1) is 0 Å². The molecule has 6 rings (SSSR count). The van der Waals surface area contributed by atoms with Crippen molar-refractivity contribution in [1.82, 2.24) is 5.32 Å². The first-order valence-corrected chi connectivity index (χ1v) is 24.9. The van der Waals surface area contributed by atoms with Crippen LogP contribution in [-0.4, -0.2) is 133 Å². The number of nitrogens with one attached hydrogen (secondary N) is 1. The molecule has 2 saturated heterocycles. The van der Waals surface area contributed by atoms with E-state index in [-0.39, 0.29) is 64.5 Å². The molecule has 0 aromatic rings. The fourth-order valence-corrected chi connectivity index (χ4v) is 13.5. The average molecular weight is 958 g/mol. The second-order valence-corrected chi connectivity index (χ2v) is 22.1. The van der Waals surface area contributed by atoms with E-state index < -0.39 is 107 Å². The summed E-state index contributed by atoms with van der Waals surface area (Å²) in [5, 5.41) is 47.0. The van der Waals surface area contributed by atoms with Crippen molar-refractivity contribution in [2.24, 2.45) is 52.3 Å². The van der Waals surface area contributed by atoms with Crippen LogP contribution >= 0.6 is 0 Å². The van der Waals surface area contributed by atoms with Crippen molar-refractivity contribution < 1.29 is 138 Å². The van der Waals surface area contributed by atoms with Gasteiger partial charge in [0.15, 0.2) is 12.6 Å². The maximum atomic E-state index is 12.1. The van der Waals surface area contributed by atoms with Crippen LogP contribution in [0.15, 0.2) is 0 Å². The van der Waals surface area contributed by atoms with E-state index in [1.807, 2.05) is 0 Å². The molecule has 0 aromatic carbocycles. The third-order valence-electron chi connectivity index (χ3n) is 15.9. The smallest absolute Gasteiger partial charge is 0.726 e. The van der Waals surface area contributed by atoms with E-state index in [2.05, 4.69) is 48.3 Å². The van der Waals surface area contributed by atoms with Gasteiger partial charge in [0.2, 0.25) is 26.7 Å². The number of fused-ring (bicyclic) bond motifs is 5. The fraction of sp³-hybridized carbons (Fsp3) is 0.976. The average Bonchev–Trinajstić information content (AvgIpc) is 3.52. The molecule has 5 N–H and O–H groups in total. The summed E-state index contributed by atoms with van der Waals surface area (Å²) in [5.74, 6) is 3.78. The summed E-state index contributed by atoms with van der Waals surface area (Å²) in [7, 11) is -10.5. The topological polar surface area (TPSA) is 280 Å². The summed E-state index contributed by atoms with van der Waals surface area (Å²) in [6.07, 6.45) is -3.25. The Morgan fingerprint density at radius 3 is 1.94 bits per heavy atom. The normalized spacial score (nSPS) is 43.4. The number of aliphatic hydroxyl groups excluding tert-OH is 4. The van der Waals surface area contributed by atoms with E-state index in [0.717, 1.165) is 43.9 Å². The van der Waals surface area contributed by atoms with E-state index in [1.165, 1.54) is 44.9 Å². The summed E-state index contributed by atoms with van der Waals surface area (Å²) in [4.78, 5) is 12.1. The van der Waals surface area contributed by atoms with E-state index in [0.29, 0.717) is 41.9 Å². The Morgan fingerprint density at radius 1 is 0.746 bits per heavy atom. The van der Waals surface area contributed by atoms with E-state index in [9.17, 15) is 51.2 Å². The predicted molar refractivity (Wildman–Crippen MR) is 213 cm³/mol. The minimum Gasteiger partial charge on any atom is -0.726 e. The van der Waals surface area contributed by atoms with Gasteiger partial charge in [-0.2, -0.15) is 0 Å². The maximum Gasteiger partial charge on any atom is 1.00 e. The summed E-state index contributed by atoms with van der Waals surface area (Å²) in [6.45, 7) is 11.1. The minimum absolute atomic E-state index is 0. The van der Waals surface area contributed by atoms with Gasteiger partial charge in [-0.05, 0) is 110 Å². The molecule has 18 nitrogen and oxygen atoms in total. The van der Waals surface area contributed by atoms with Gasteiger partial charge in [0.05, 0.1) is 19.3 Å². The van der Waals surface area contributed by atoms with Gasteiger partial charge in [-0.3, -0.25) is 13.2 Å². The number of rotatable bonds is 16. The van der Waals surface area contributed by atoms with Crippen LogP contribution in [0.5, 0.6) is 0 Å². The Hall–Kier alpha value is 0.890. The summed E-state index contributed by atoms with van der Waals surface area (Å²) >= 11 is 0. The Morgan fingerprint density at radius 2 is 1.33 bits per heavy atom. The molecule has 0 radical (unpaired) electrons. The molecule has 354 valence electrons. The molecule has 4 saturated carbocycles. The summed E-state index contributed by atoms with van der Waals surface area (Å²) in [6, 6.07) is -1.58. The quantitative estimate of drug-likeness (QED) is 0.0430. The van der Waals surface area contributed by atoms with Gasteiger partial charge in [0, 0.05) is 6.92 Å². The Balaban J connectivity index is 0.00000436. The molecule has 19 atom stereocenters. The molecule has 6 fully saturated rings. The molecule has 63 heavy (non-hydrogen) atoms. The van der Waals surface area contributed by atoms with Crippen molar-refractivity contribution in [3.63, 3.8) is 0 Å². The number of ether oxygens (including phenoxy) is 4. The van der Waals surface area contributed by atoms with Crippen molar-refractivity contribution in [1.29, 1.82) is 0 Å². The SMILES string of the molecule is CC(=O)N[C@H]1[C@@H](O[C@H]2[C@@H](O)[C@@H](COS(=O)(=O)[O-])O[C@@H](O[C@H]3CC[C@@]4(C)[C@@H](CC[C@@H]5[C@@H]4CC[C@]4(C)[C@@H](C(C)CCCC(C)C)CC[C@@H]54)C3)[C@@H]2O)O[C@H](COS(=O)(=O)[O-])[C@@H](O)[C@@H]1O.[Na+].[Na+]. The zero-order valence-electron chi connectivity index (χ0n) is 38.2. The van der Waals surface area contributed by atoms with Gasteiger partial charge in [0.25, 0.3) is 0 Å². The Labute approximate surface area is 417 Å². The monoisotopic (exact) mass is 957 g/mol. The largest absolute Gasteiger partial charge is 1.00 e. The van der Waals surface area contributed by atoms with Gasteiger partial charge < -0.3 is 53.8 Å². The van der Waals surface area contributed by atoms with E-state index >= 15 is 0 Å². The van der Waals surface area contributed by atoms with Crippen LogP contribution in [0.3, 0.4) is 0 Å². The number of hydrogen-bond acceptors (Lipinski definition) is 17. The summed E-state index contributed by atoms with van der Waals surface area (Å²) < 4.78 is 100. The van der Waals surface area contributed by atoms with Crippen LogP contribution < -0.4 is 64.4 Å². The number of amides is 1. The van der Waals surface area contributed by atoms with Gasteiger partial charge in [-0.1, -0.05) is 53.9 Å². The predicted octanol–water partition coefficient (Wildman–Crippen LogP) is -3.76. The first-order chi connectivity index (χ1) is 28.4. The Kier molecular flexibility index (Phi) is 20.4. The molecule has 1 amide bonds. The second kappa shape index (κ2) is 22.8. The molecule has 2 aliphatic heterocycles. The number of hydrogen-bond donors (Lipinski definition) is 5. The molecule has 4 aliphatic carbocycles. The van der Waals surface area contributed by atoms with Crippen molar-refractivity contribution in [2.45, 2.75) is 186 Å². The first-order valence-electron chi connectivity index (χ1n) is 22.2. The van der Waals surface area contributed by atoms with Crippen LogP contribution in [0.4, 0.5) is 0 Å². The van der Waals surface area contributed by atoms with Crippen molar-refractivity contribution in [3.05, 3.63) is 0 Å². The van der Waals surface area contributed by atoms with Crippen LogP contribution in [0, 0.1) is 52.3 Å². The zero-order chi connectivity index (χ0) is 44.8. The molecule has 0 aromatic heterocycles. The van der Waals surface area contributed by atoms with E-state index in [4.69, 9.17) is 18.9 Å². The molecule has 1 unspecified atom stereocenters. The van der Waals surface area contributed by atoms with Gasteiger partial charge in [-0.25, -0.2) is 16.8 Å². The third-order valence-corrected chi connectivity index (χ3v) is 16.8. The number of carbonyl (C=O) groups is 1. The molecule has 22 heteroatoms. The second-order valence-electron chi connectivity index (χ2n) is 20.0. The molecule has 6 aliphatic rings. The van der Waals surface area contributed by atoms with Crippen LogP contribution in [-0.2, 0) is 52.9 Å². The first kappa shape index (κ1) is 56.5. The molecular formula is C41H69NNa2O17S2. The minimum atomic E-state index is -5.27. The van der Waals surface area contributed by atoms with Crippen molar-refractivity contribution in [3.8, 4) is 0 Å². The van der Waals surface area contributed by atoms with Crippen molar-refractivity contribution in [2.75, 3.05) is 13.2 Å². The van der Waals surface area contributed by atoms with Gasteiger partial charge in [0.1, 0.15) is 48.8 Å². The maximum absolute atomic E-state index is 12.1. The Bertz CT molecular complexity index is 1730.